The van der Waals surface area contributed by atoms with Crippen LogP contribution in [0.2, 0.25) is 0 Å². The van der Waals surface area contributed by atoms with E-state index in [9.17, 15) is 14.9 Å². The SMILES string of the molecule is CC(C)C(CNc1ccc(I)cc1[N+](=O)[O-])C(=O)O. The summed E-state index contributed by atoms with van der Waals surface area (Å²) in [5.41, 5.74) is 0.303. The Morgan fingerprint density at radius 3 is 2.63 bits per heavy atom. The van der Waals surface area contributed by atoms with Crippen LogP contribution < -0.4 is 5.32 Å². The molecule has 0 aliphatic rings. The molecule has 0 radical (unpaired) electrons. The molecule has 0 saturated carbocycles. The largest absolute Gasteiger partial charge is 0.481 e. The number of carboxylic acid groups (broad SMARTS) is 1. The minimum atomic E-state index is -0.907. The molecule has 6 nitrogen and oxygen atoms in total. The lowest BCUT2D eigenvalue weighted by atomic mass is 9.96. The van der Waals surface area contributed by atoms with Crippen molar-refractivity contribution in [1.82, 2.24) is 0 Å². The molecule has 1 rings (SSSR count). The Morgan fingerprint density at radius 2 is 2.16 bits per heavy atom. The standard InChI is InChI=1S/C12H15IN2O4/c1-7(2)9(12(16)17)6-14-10-4-3-8(13)5-11(10)15(18)19/h3-5,7,9,14H,6H2,1-2H3,(H,16,17). The molecule has 0 spiro atoms. The number of nitro benzene ring substituents is 1. The van der Waals surface area contributed by atoms with Gasteiger partial charge in [0.15, 0.2) is 0 Å². The van der Waals surface area contributed by atoms with Crippen LogP contribution in [-0.4, -0.2) is 22.5 Å². The van der Waals surface area contributed by atoms with Crippen LogP contribution >= 0.6 is 22.6 Å². The quantitative estimate of drug-likeness (QED) is 0.451. The molecule has 0 saturated heterocycles. The Kier molecular flexibility index (Phi) is 5.52. The number of carbonyl (C=O) groups is 1. The lowest BCUT2D eigenvalue weighted by molar-refractivity contribution is -0.384. The molecule has 0 aliphatic heterocycles. The van der Waals surface area contributed by atoms with Gasteiger partial charge in [-0.3, -0.25) is 14.9 Å². The summed E-state index contributed by atoms with van der Waals surface area (Å²) in [4.78, 5) is 21.5. The summed E-state index contributed by atoms with van der Waals surface area (Å²) < 4.78 is 0.758. The van der Waals surface area contributed by atoms with Crippen LogP contribution in [-0.2, 0) is 4.79 Å². The Labute approximate surface area is 124 Å². The van der Waals surface area contributed by atoms with Crippen molar-refractivity contribution in [3.05, 3.63) is 31.9 Å². The average molecular weight is 378 g/mol. The van der Waals surface area contributed by atoms with Crippen molar-refractivity contribution in [1.29, 1.82) is 0 Å². The molecule has 104 valence electrons. The maximum Gasteiger partial charge on any atom is 0.308 e. The summed E-state index contributed by atoms with van der Waals surface area (Å²) >= 11 is 1.99. The van der Waals surface area contributed by atoms with E-state index in [0.717, 1.165) is 3.57 Å². The number of nitrogens with one attached hydrogen (secondary N) is 1. The van der Waals surface area contributed by atoms with Gasteiger partial charge in [-0.1, -0.05) is 13.8 Å². The Bertz CT molecular complexity index is 491. The van der Waals surface area contributed by atoms with Gasteiger partial charge in [0.1, 0.15) is 5.69 Å². The number of hydrogen-bond acceptors (Lipinski definition) is 4. The van der Waals surface area contributed by atoms with Gasteiger partial charge in [-0.25, -0.2) is 0 Å². The summed E-state index contributed by atoms with van der Waals surface area (Å²) in [6, 6.07) is 4.79. The van der Waals surface area contributed by atoms with Gasteiger partial charge >= 0.3 is 5.97 Å². The third kappa shape index (κ3) is 4.34. The monoisotopic (exact) mass is 378 g/mol. The predicted octanol–water partition coefficient (Wildman–Crippen LogP) is 2.97. The van der Waals surface area contributed by atoms with E-state index in [4.69, 9.17) is 5.11 Å². The van der Waals surface area contributed by atoms with Gasteiger partial charge in [-0.15, -0.1) is 0 Å². The fourth-order valence-electron chi connectivity index (χ4n) is 1.63. The zero-order chi connectivity index (χ0) is 14.6. The number of aliphatic carboxylic acids is 1. The molecule has 1 aromatic rings. The fraction of sp³-hybridized carbons (Fsp3) is 0.417. The van der Waals surface area contributed by atoms with Crippen molar-refractivity contribution in [2.24, 2.45) is 11.8 Å². The molecule has 0 bridgehead atoms. The van der Waals surface area contributed by atoms with Crippen molar-refractivity contribution in [3.63, 3.8) is 0 Å². The van der Waals surface area contributed by atoms with Crippen LogP contribution in [0.5, 0.6) is 0 Å². The second-order valence-electron chi connectivity index (χ2n) is 4.49. The summed E-state index contributed by atoms with van der Waals surface area (Å²) in [7, 11) is 0. The molecule has 7 heteroatoms. The first kappa shape index (κ1) is 15.7. The first-order valence-electron chi connectivity index (χ1n) is 5.73. The third-order valence-corrected chi connectivity index (χ3v) is 3.46. The summed E-state index contributed by atoms with van der Waals surface area (Å²) in [6.45, 7) is 3.78. The van der Waals surface area contributed by atoms with Crippen molar-refractivity contribution in [3.8, 4) is 0 Å². The van der Waals surface area contributed by atoms with Gasteiger partial charge in [-0.2, -0.15) is 0 Å². The highest BCUT2D eigenvalue weighted by Gasteiger charge is 2.22. The highest BCUT2D eigenvalue weighted by atomic mass is 127. The molecule has 0 heterocycles. The third-order valence-electron chi connectivity index (χ3n) is 2.79. The molecule has 19 heavy (non-hydrogen) atoms. The van der Waals surface area contributed by atoms with Crippen LogP contribution in [0.15, 0.2) is 18.2 Å². The van der Waals surface area contributed by atoms with Crippen LogP contribution in [0.25, 0.3) is 0 Å². The molecule has 1 atom stereocenters. The molecule has 0 aromatic heterocycles. The van der Waals surface area contributed by atoms with E-state index >= 15 is 0 Å². The highest BCUT2D eigenvalue weighted by Crippen LogP contribution is 2.27. The molecule has 0 fully saturated rings. The average Bonchev–Trinajstić information content (AvgIpc) is 2.29. The maximum absolute atomic E-state index is 11.1. The van der Waals surface area contributed by atoms with Gasteiger partial charge in [0, 0.05) is 16.2 Å². The number of rotatable bonds is 6. The van der Waals surface area contributed by atoms with E-state index in [1.807, 2.05) is 36.4 Å². The molecule has 0 aliphatic carbocycles. The second-order valence-corrected chi connectivity index (χ2v) is 5.73. The maximum atomic E-state index is 11.1. The van der Waals surface area contributed by atoms with Crippen LogP contribution in [0, 0.1) is 25.5 Å². The molecule has 1 unspecified atom stereocenters. The fourth-order valence-corrected chi connectivity index (χ4v) is 2.11. The number of carboxylic acids is 1. The number of anilines is 1. The first-order chi connectivity index (χ1) is 8.82. The molecule has 0 amide bonds. The smallest absolute Gasteiger partial charge is 0.308 e. The van der Waals surface area contributed by atoms with Gasteiger partial charge in [-0.05, 0) is 40.6 Å². The predicted molar refractivity (Wildman–Crippen MR) is 80.3 cm³/mol. The summed E-state index contributed by atoms with van der Waals surface area (Å²) in [5.74, 6) is -1.54. The Balaban J connectivity index is 2.88. The van der Waals surface area contributed by atoms with Crippen LogP contribution in [0.1, 0.15) is 13.8 Å². The number of benzene rings is 1. The van der Waals surface area contributed by atoms with Gasteiger partial charge in [0.2, 0.25) is 0 Å². The van der Waals surface area contributed by atoms with Crippen molar-refractivity contribution in [2.45, 2.75) is 13.8 Å². The van der Waals surface area contributed by atoms with Crippen molar-refractivity contribution < 1.29 is 14.8 Å². The highest BCUT2D eigenvalue weighted by molar-refractivity contribution is 14.1. The molecule has 1 aromatic carbocycles. The molecular weight excluding hydrogens is 363 g/mol. The number of nitrogens with zero attached hydrogens (tertiary/aromatic N) is 1. The molecular formula is C12H15IN2O4. The van der Waals surface area contributed by atoms with E-state index in [1.54, 1.807) is 12.1 Å². The molecule has 2 N–H and O–H groups in total. The number of nitro groups is 1. The minimum Gasteiger partial charge on any atom is -0.481 e. The van der Waals surface area contributed by atoms with Gasteiger partial charge in [0.05, 0.1) is 10.8 Å². The lowest BCUT2D eigenvalue weighted by Gasteiger charge is -2.17. The van der Waals surface area contributed by atoms with E-state index in [1.165, 1.54) is 6.07 Å². The Hall–Kier alpha value is -1.38. The van der Waals surface area contributed by atoms with Gasteiger partial charge in [0.25, 0.3) is 5.69 Å². The van der Waals surface area contributed by atoms with Crippen molar-refractivity contribution in [2.75, 3.05) is 11.9 Å². The van der Waals surface area contributed by atoms with E-state index in [-0.39, 0.29) is 18.2 Å². The summed E-state index contributed by atoms with van der Waals surface area (Å²) in [6.07, 6.45) is 0. The topological polar surface area (TPSA) is 92.5 Å². The van der Waals surface area contributed by atoms with Crippen LogP contribution in [0.3, 0.4) is 0 Å². The second kappa shape index (κ2) is 6.69. The van der Waals surface area contributed by atoms with E-state index < -0.39 is 16.8 Å². The normalized spacial score (nSPS) is 12.2. The minimum absolute atomic E-state index is 0.0419. The lowest BCUT2D eigenvalue weighted by Crippen LogP contribution is -2.27. The summed E-state index contributed by atoms with van der Waals surface area (Å²) in [5, 5.41) is 22.9. The van der Waals surface area contributed by atoms with E-state index in [2.05, 4.69) is 5.32 Å². The van der Waals surface area contributed by atoms with Crippen LogP contribution in [0.4, 0.5) is 11.4 Å². The first-order valence-corrected chi connectivity index (χ1v) is 6.81. The Morgan fingerprint density at radius 1 is 1.53 bits per heavy atom. The van der Waals surface area contributed by atoms with Crippen molar-refractivity contribution >= 4 is 39.9 Å². The zero-order valence-electron chi connectivity index (χ0n) is 10.6. The zero-order valence-corrected chi connectivity index (χ0v) is 12.7. The van der Waals surface area contributed by atoms with Gasteiger partial charge < -0.3 is 10.4 Å². The number of halogens is 1. The van der Waals surface area contributed by atoms with E-state index in [0.29, 0.717) is 5.69 Å². The number of hydrogen-bond donors (Lipinski definition) is 2.